The lowest BCUT2D eigenvalue weighted by Gasteiger charge is -2.34. The van der Waals surface area contributed by atoms with Crippen molar-refractivity contribution < 1.29 is 60.5 Å². The van der Waals surface area contributed by atoms with Crippen molar-refractivity contribution >= 4 is 58.5 Å². The Hall–Kier alpha value is -5.91. The van der Waals surface area contributed by atoms with Gasteiger partial charge in [-0.3, -0.25) is 14.6 Å². The molecule has 2 aliphatic rings. The average Bonchev–Trinajstić information content (AvgIpc) is 3.08. The lowest BCUT2D eigenvalue weighted by Crippen LogP contribution is -2.51. The fourth-order valence-electron chi connectivity index (χ4n) is 4.36. The van der Waals surface area contributed by atoms with E-state index in [2.05, 4.69) is 25.6 Å². The van der Waals surface area contributed by atoms with Gasteiger partial charge in [0.2, 0.25) is 11.9 Å². The molecule has 0 atom stereocenters. The maximum Gasteiger partial charge on any atom is 0.490 e. The number of carboxylic acid groups (broad SMARTS) is 2. The van der Waals surface area contributed by atoms with E-state index in [9.17, 15) is 35.9 Å². The molecule has 2 aliphatic heterocycles. The number of benzene rings is 1. The molecule has 0 aliphatic carbocycles. The van der Waals surface area contributed by atoms with Crippen LogP contribution in [0.1, 0.15) is 17.5 Å². The summed E-state index contributed by atoms with van der Waals surface area (Å²) < 4.78 is 69.5. The molecule has 278 valence electrons. The number of alkyl halides is 6. The molecule has 22 heteroatoms. The molecule has 6 bridgehead atoms. The van der Waals surface area contributed by atoms with Crippen LogP contribution in [0.15, 0.2) is 42.9 Å². The van der Waals surface area contributed by atoms with E-state index < -0.39 is 24.3 Å². The number of aliphatic carboxylic acids is 2. The molecule has 2 amide bonds. The van der Waals surface area contributed by atoms with Gasteiger partial charge in [0.1, 0.15) is 17.2 Å². The number of halogens is 7. The van der Waals surface area contributed by atoms with Crippen molar-refractivity contribution in [2.24, 2.45) is 0 Å². The highest BCUT2D eigenvalue weighted by Gasteiger charge is 2.39. The number of anilines is 4. The van der Waals surface area contributed by atoms with Gasteiger partial charge in [0.05, 0.1) is 24.2 Å². The number of carbonyl (C=O) groups is 4. The lowest BCUT2D eigenvalue weighted by molar-refractivity contribution is -0.193. The molecule has 52 heavy (non-hydrogen) atoms. The largest absolute Gasteiger partial charge is 0.490 e. The van der Waals surface area contributed by atoms with E-state index in [1.807, 2.05) is 36.5 Å². The molecular weight excluding hydrogens is 734 g/mol. The van der Waals surface area contributed by atoms with Crippen LogP contribution in [0.4, 0.5) is 49.5 Å². The molecular formula is C30H27ClF6N8O7. The summed E-state index contributed by atoms with van der Waals surface area (Å²) in [5.41, 5.74) is 3.47. The molecule has 1 aromatic carbocycles. The standard InChI is InChI=1S/C26H25ClN8O3.2C2HF3O2/c27-21-15-30-26-32-20-11-17(13-29-14-20)1-2-18-12-19(31-25(21)33-26)3-4-22(18)38-16-24(37)35-9-7-34(8-10-35)23(36)5-6-28;2*3-2(4,5)1(6)7/h3-4,11-15H,1-2,5,7-10,16H2,(H2,30,31,32,33);2*(H,6,7). The monoisotopic (exact) mass is 760 g/mol. The van der Waals surface area contributed by atoms with Crippen molar-refractivity contribution in [1.29, 1.82) is 5.26 Å². The van der Waals surface area contributed by atoms with Crippen LogP contribution in [0.2, 0.25) is 5.02 Å². The van der Waals surface area contributed by atoms with Crippen molar-refractivity contribution in [3.05, 3.63) is 59.0 Å². The molecule has 0 saturated carbocycles. The molecule has 0 spiro atoms. The second-order valence-electron chi connectivity index (χ2n) is 10.5. The first kappa shape index (κ1) is 40.5. The van der Waals surface area contributed by atoms with Gasteiger partial charge >= 0.3 is 24.3 Å². The Morgan fingerprint density at radius 2 is 1.46 bits per heavy atom. The zero-order valence-electron chi connectivity index (χ0n) is 26.5. The van der Waals surface area contributed by atoms with Gasteiger partial charge in [-0.1, -0.05) is 11.6 Å². The molecule has 2 aromatic heterocycles. The quantitative estimate of drug-likeness (QED) is 0.273. The van der Waals surface area contributed by atoms with Gasteiger partial charge < -0.3 is 35.4 Å². The van der Waals surface area contributed by atoms with E-state index in [1.54, 1.807) is 16.0 Å². The number of carbonyl (C=O) groups excluding carboxylic acids is 2. The number of fused-ring (bicyclic) bond motifs is 6. The Morgan fingerprint density at radius 3 is 2.04 bits per heavy atom. The Labute approximate surface area is 294 Å². The van der Waals surface area contributed by atoms with Gasteiger partial charge in [-0.2, -0.15) is 36.6 Å². The Kier molecular flexibility index (Phi) is 13.9. The first-order valence-corrected chi connectivity index (χ1v) is 15.0. The summed E-state index contributed by atoms with van der Waals surface area (Å²) >= 11 is 6.33. The molecule has 4 N–H and O–H groups in total. The number of aryl methyl sites for hydroxylation is 2. The number of aromatic nitrogens is 3. The van der Waals surface area contributed by atoms with Gasteiger partial charge in [0, 0.05) is 38.1 Å². The summed E-state index contributed by atoms with van der Waals surface area (Å²) in [5.74, 6) is -4.42. The number of hydrogen-bond donors (Lipinski definition) is 4. The predicted molar refractivity (Wildman–Crippen MR) is 168 cm³/mol. The Morgan fingerprint density at radius 1 is 0.865 bits per heavy atom. The number of nitrogens with zero attached hydrogens (tertiary/aromatic N) is 6. The zero-order chi connectivity index (χ0) is 38.6. The number of amides is 2. The molecule has 0 unspecified atom stereocenters. The number of carboxylic acids is 2. The van der Waals surface area contributed by atoms with Crippen LogP contribution in [0.5, 0.6) is 5.75 Å². The van der Waals surface area contributed by atoms with Crippen LogP contribution in [-0.4, -0.2) is 104 Å². The SMILES string of the molecule is N#CCC(=O)N1CCN(C(=O)COc2ccc3cc2CCc2cncc(c2)Nc2ncc(Cl)c(n2)N3)CC1.O=C(O)C(F)(F)F.O=C(O)C(F)(F)F. The van der Waals surface area contributed by atoms with Gasteiger partial charge in [0.15, 0.2) is 12.4 Å². The topological polar surface area (TPSA) is 211 Å². The fraction of sp³-hybridized carbons (Fsp3) is 0.333. The molecule has 0 radical (unpaired) electrons. The van der Waals surface area contributed by atoms with E-state index >= 15 is 0 Å². The van der Waals surface area contributed by atoms with Crippen molar-refractivity contribution in [1.82, 2.24) is 24.8 Å². The van der Waals surface area contributed by atoms with Crippen molar-refractivity contribution in [3.8, 4) is 11.8 Å². The maximum atomic E-state index is 12.8. The van der Waals surface area contributed by atoms with Crippen molar-refractivity contribution in [2.75, 3.05) is 43.4 Å². The first-order valence-electron chi connectivity index (χ1n) is 14.7. The van der Waals surface area contributed by atoms with E-state index in [4.69, 9.17) is 41.4 Å². The van der Waals surface area contributed by atoms with Crippen LogP contribution in [-0.2, 0) is 32.0 Å². The summed E-state index contributed by atoms with van der Waals surface area (Å²) in [6.45, 7) is 1.52. The van der Waals surface area contributed by atoms with Gasteiger partial charge in [-0.05, 0) is 48.2 Å². The molecule has 5 rings (SSSR count). The second kappa shape index (κ2) is 17.8. The summed E-state index contributed by atoms with van der Waals surface area (Å²) in [6, 6.07) is 9.49. The smallest absolute Gasteiger partial charge is 0.483 e. The Balaban J connectivity index is 0.000000441. The number of ether oxygens (including phenoxy) is 1. The highest BCUT2D eigenvalue weighted by Crippen LogP contribution is 2.30. The third kappa shape index (κ3) is 12.4. The van der Waals surface area contributed by atoms with Crippen LogP contribution in [0, 0.1) is 11.3 Å². The normalized spacial score (nSPS) is 13.7. The molecule has 3 aromatic rings. The maximum absolute atomic E-state index is 12.8. The van der Waals surface area contributed by atoms with Crippen LogP contribution < -0.4 is 15.4 Å². The average molecular weight is 761 g/mol. The number of nitriles is 1. The zero-order valence-corrected chi connectivity index (χ0v) is 27.2. The summed E-state index contributed by atoms with van der Waals surface area (Å²) in [7, 11) is 0. The Bertz CT molecular complexity index is 1790. The highest BCUT2D eigenvalue weighted by atomic mass is 35.5. The fourth-order valence-corrected chi connectivity index (χ4v) is 4.50. The third-order valence-electron chi connectivity index (χ3n) is 6.85. The summed E-state index contributed by atoms with van der Waals surface area (Å²) in [4.78, 5) is 58.9. The summed E-state index contributed by atoms with van der Waals surface area (Å²) in [6.07, 6.45) is -3.92. The predicted octanol–water partition coefficient (Wildman–Crippen LogP) is 4.34. The molecule has 4 heterocycles. The van der Waals surface area contributed by atoms with Gasteiger partial charge in [0.25, 0.3) is 5.91 Å². The lowest BCUT2D eigenvalue weighted by atomic mass is 10.0. The van der Waals surface area contributed by atoms with E-state index in [-0.39, 0.29) is 24.8 Å². The van der Waals surface area contributed by atoms with Crippen LogP contribution in [0.25, 0.3) is 0 Å². The van der Waals surface area contributed by atoms with E-state index in [0.29, 0.717) is 61.6 Å². The van der Waals surface area contributed by atoms with Crippen molar-refractivity contribution in [2.45, 2.75) is 31.6 Å². The number of nitrogens with one attached hydrogen (secondary N) is 2. The number of hydrogen-bond acceptors (Lipinski definition) is 11. The van der Waals surface area contributed by atoms with Crippen LogP contribution in [0.3, 0.4) is 0 Å². The second-order valence-corrected chi connectivity index (χ2v) is 10.9. The molecule has 15 nitrogen and oxygen atoms in total. The minimum Gasteiger partial charge on any atom is -0.483 e. The minimum atomic E-state index is -5.08. The molecule has 1 saturated heterocycles. The number of pyridine rings is 1. The van der Waals surface area contributed by atoms with Crippen LogP contribution >= 0.6 is 11.6 Å². The minimum absolute atomic E-state index is 0.117. The van der Waals surface area contributed by atoms with E-state index in [1.165, 1.54) is 6.20 Å². The van der Waals surface area contributed by atoms with Gasteiger partial charge in [-0.15, -0.1) is 0 Å². The highest BCUT2D eigenvalue weighted by molar-refractivity contribution is 6.32. The van der Waals surface area contributed by atoms with E-state index in [0.717, 1.165) is 22.5 Å². The first-order chi connectivity index (χ1) is 24.4. The van der Waals surface area contributed by atoms with Crippen molar-refractivity contribution in [3.63, 3.8) is 0 Å². The number of rotatable bonds is 4. The third-order valence-corrected chi connectivity index (χ3v) is 7.13. The van der Waals surface area contributed by atoms with Gasteiger partial charge in [-0.25, -0.2) is 14.6 Å². The molecule has 1 fully saturated rings. The summed E-state index contributed by atoms with van der Waals surface area (Å²) in [5, 5.41) is 29.8. The number of piperazine rings is 1.